The zero-order valence-corrected chi connectivity index (χ0v) is 17.7. The lowest BCUT2D eigenvalue weighted by Crippen LogP contribution is -2.42. The molecule has 0 spiro atoms. The number of unbranched alkanes of at least 4 members (excludes halogenated alkanes) is 1. The van der Waals surface area contributed by atoms with E-state index in [0.717, 1.165) is 44.1 Å². The van der Waals surface area contributed by atoms with Crippen LogP contribution < -0.4 is 9.62 Å². The first kappa shape index (κ1) is 24.6. The number of benzene rings is 1. The van der Waals surface area contributed by atoms with Crippen molar-refractivity contribution in [1.29, 1.82) is 0 Å². The molecule has 0 aromatic heterocycles. The van der Waals surface area contributed by atoms with Crippen LogP contribution in [0.2, 0.25) is 5.02 Å². The van der Waals surface area contributed by atoms with Gasteiger partial charge in [-0.1, -0.05) is 44.7 Å². The summed E-state index contributed by atoms with van der Waals surface area (Å²) in [5, 5.41) is 2.47. The van der Waals surface area contributed by atoms with E-state index in [2.05, 4.69) is 12.2 Å². The number of anilines is 1. The van der Waals surface area contributed by atoms with Crippen LogP contribution in [0.5, 0.6) is 0 Å². The summed E-state index contributed by atoms with van der Waals surface area (Å²) in [6.45, 7) is 3.79. The maximum absolute atomic E-state index is 13.0. The zero-order valence-electron chi connectivity index (χ0n) is 16.1. The van der Waals surface area contributed by atoms with Gasteiger partial charge in [0.05, 0.1) is 22.5 Å². The predicted molar refractivity (Wildman–Crippen MR) is 105 cm³/mol. The van der Waals surface area contributed by atoms with Gasteiger partial charge >= 0.3 is 6.18 Å². The van der Waals surface area contributed by atoms with Gasteiger partial charge in [0.2, 0.25) is 15.9 Å². The van der Waals surface area contributed by atoms with Gasteiger partial charge in [-0.25, -0.2) is 8.42 Å². The monoisotopic (exact) mass is 442 g/mol. The Balaban J connectivity index is 3.01. The third-order valence-electron chi connectivity index (χ3n) is 4.36. The molecule has 0 aliphatic rings. The minimum absolute atomic E-state index is 0.194. The first-order valence-electron chi connectivity index (χ1n) is 9.01. The maximum atomic E-state index is 13.0. The number of hydrogen-bond acceptors (Lipinski definition) is 3. The second-order valence-electron chi connectivity index (χ2n) is 6.65. The molecule has 160 valence electrons. The summed E-state index contributed by atoms with van der Waals surface area (Å²) in [5.41, 5.74) is -1.43. The molecule has 0 bridgehead atoms. The van der Waals surface area contributed by atoms with Crippen LogP contribution in [0.25, 0.3) is 0 Å². The first-order valence-corrected chi connectivity index (χ1v) is 11.2. The second-order valence-corrected chi connectivity index (χ2v) is 8.97. The fourth-order valence-corrected chi connectivity index (χ4v) is 3.78. The summed E-state index contributed by atoms with van der Waals surface area (Å²) < 4.78 is 63.8. The maximum Gasteiger partial charge on any atom is 0.416 e. The van der Waals surface area contributed by atoms with E-state index in [4.69, 9.17) is 11.6 Å². The Morgan fingerprint density at radius 1 is 1.29 bits per heavy atom. The number of sulfonamides is 1. The van der Waals surface area contributed by atoms with E-state index in [1.54, 1.807) is 0 Å². The van der Waals surface area contributed by atoms with Crippen molar-refractivity contribution in [2.45, 2.75) is 45.7 Å². The topological polar surface area (TPSA) is 66.5 Å². The Morgan fingerprint density at radius 2 is 1.93 bits per heavy atom. The van der Waals surface area contributed by atoms with Gasteiger partial charge in [0, 0.05) is 6.54 Å². The molecule has 5 nitrogen and oxygen atoms in total. The lowest BCUT2D eigenvalue weighted by atomic mass is 9.99. The number of carbonyl (C=O) groups is 1. The number of carbonyl (C=O) groups excluding carboxylic acids is 1. The molecule has 0 saturated heterocycles. The SMILES string of the molecule is CCCCC(CC)CNC(=O)CN(c1cc(C(F)(F)F)ccc1Cl)S(C)(=O)=O. The standard InChI is InChI=1S/C18H26ClF3N2O3S/c1-4-6-7-13(5-2)11-23-17(25)12-24(28(3,26)27)16-10-14(18(20,21)22)8-9-15(16)19/h8-10,13H,4-7,11-12H2,1-3H3,(H,23,25). The number of halogens is 4. The van der Waals surface area contributed by atoms with Gasteiger partial charge < -0.3 is 5.32 Å². The van der Waals surface area contributed by atoms with Gasteiger partial charge in [-0.15, -0.1) is 0 Å². The van der Waals surface area contributed by atoms with Crippen molar-refractivity contribution >= 4 is 33.2 Å². The van der Waals surface area contributed by atoms with Gasteiger partial charge in [0.1, 0.15) is 6.54 Å². The van der Waals surface area contributed by atoms with Crippen molar-refractivity contribution in [2.75, 3.05) is 23.7 Å². The van der Waals surface area contributed by atoms with Crippen LogP contribution in [-0.4, -0.2) is 33.7 Å². The average Bonchev–Trinajstić information content (AvgIpc) is 2.58. The third kappa shape index (κ3) is 7.50. The molecule has 1 N–H and O–H groups in total. The molecule has 0 fully saturated rings. The molecule has 0 radical (unpaired) electrons. The van der Waals surface area contributed by atoms with Crippen LogP contribution >= 0.6 is 11.6 Å². The number of nitrogens with zero attached hydrogens (tertiary/aromatic N) is 1. The highest BCUT2D eigenvalue weighted by Gasteiger charge is 2.33. The summed E-state index contributed by atoms with van der Waals surface area (Å²) in [7, 11) is -4.04. The Morgan fingerprint density at radius 3 is 2.43 bits per heavy atom. The highest BCUT2D eigenvalue weighted by Crippen LogP contribution is 2.36. The highest BCUT2D eigenvalue weighted by atomic mass is 35.5. The van der Waals surface area contributed by atoms with E-state index >= 15 is 0 Å². The highest BCUT2D eigenvalue weighted by molar-refractivity contribution is 7.92. The quantitative estimate of drug-likeness (QED) is 0.581. The van der Waals surface area contributed by atoms with Crippen molar-refractivity contribution < 1.29 is 26.4 Å². The molecule has 1 rings (SSSR count). The number of rotatable bonds is 10. The molecule has 1 aromatic carbocycles. The van der Waals surface area contributed by atoms with Crippen LogP contribution in [0.3, 0.4) is 0 Å². The molecule has 1 amide bonds. The van der Waals surface area contributed by atoms with Gasteiger partial charge in [0.15, 0.2) is 0 Å². The zero-order chi connectivity index (χ0) is 21.5. The Labute approximate surface area is 169 Å². The van der Waals surface area contributed by atoms with Crippen molar-refractivity contribution in [3.63, 3.8) is 0 Å². The molecular weight excluding hydrogens is 417 g/mol. The third-order valence-corrected chi connectivity index (χ3v) is 5.81. The molecule has 0 saturated carbocycles. The molecule has 1 atom stereocenters. The molecule has 0 aliphatic carbocycles. The van der Waals surface area contributed by atoms with Gasteiger partial charge in [-0.05, 0) is 30.5 Å². The van der Waals surface area contributed by atoms with E-state index in [1.165, 1.54) is 0 Å². The van der Waals surface area contributed by atoms with Crippen molar-refractivity contribution in [3.05, 3.63) is 28.8 Å². The van der Waals surface area contributed by atoms with E-state index in [1.807, 2.05) is 6.92 Å². The molecule has 10 heteroatoms. The van der Waals surface area contributed by atoms with Crippen LogP contribution in [0.15, 0.2) is 18.2 Å². The van der Waals surface area contributed by atoms with E-state index in [0.29, 0.717) is 16.9 Å². The molecule has 0 heterocycles. The number of nitrogens with one attached hydrogen (secondary N) is 1. The average molecular weight is 443 g/mol. The molecular formula is C18H26ClF3N2O3S. The van der Waals surface area contributed by atoms with Crippen molar-refractivity contribution in [2.24, 2.45) is 5.92 Å². The predicted octanol–water partition coefficient (Wildman–Crippen LogP) is 4.46. The molecule has 1 aromatic rings. The van der Waals surface area contributed by atoms with E-state index in [9.17, 15) is 26.4 Å². The smallest absolute Gasteiger partial charge is 0.354 e. The largest absolute Gasteiger partial charge is 0.416 e. The minimum Gasteiger partial charge on any atom is -0.354 e. The summed E-state index contributed by atoms with van der Waals surface area (Å²) in [4.78, 5) is 12.3. The lowest BCUT2D eigenvalue weighted by molar-refractivity contribution is -0.137. The lowest BCUT2D eigenvalue weighted by Gasteiger charge is -2.24. The molecule has 1 unspecified atom stereocenters. The van der Waals surface area contributed by atoms with Crippen LogP contribution in [-0.2, 0) is 21.0 Å². The number of alkyl halides is 3. The summed E-state index contributed by atoms with van der Waals surface area (Å²) in [6, 6.07) is 2.35. The van der Waals surface area contributed by atoms with E-state index < -0.39 is 34.2 Å². The van der Waals surface area contributed by atoms with E-state index in [-0.39, 0.29) is 16.6 Å². The van der Waals surface area contributed by atoms with Crippen molar-refractivity contribution in [3.8, 4) is 0 Å². The van der Waals surface area contributed by atoms with Gasteiger partial charge in [-0.2, -0.15) is 13.2 Å². The fourth-order valence-electron chi connectivity index (χ4n) is 2.65. The molecule has 28 heavy (non-hydrogen) atoms. The van der Waals surface area contributed by atoms with Crippen molar-refractivity contribution in [1.82, 2.24) is 5.32 Å². The van der Waals surface area contributed by atoms with Crippen LogP contribution in [0.1, 0.15) is 45.1 Å². The minimum atomic E-state index is -4.67. The second kappa shape index (κ2) is 10.3. The fraction of sp³-hybridized carbons (Fsp3) is 0.611. The Hall–Kier alpha value is -1.48. The first-order chi connectivity index (χ1) is 12.9. The Bertz CT molecular complexity index is 770. The van der Waals surface area contributed by atoms with Crippen LogP contribution in [0.4, 0.5) is 18.9 Å². The molecule has 0 aliphatic heterocycles. The van der Waals surface area contributed by atoms with Crippen LogP contribution in [0, 0.1) is 5.92 Å². The Kier molecular flexibility index (Phi) is 9.07. The number of hydrogen-bond donors (Lipinski definition) is 1. The normalized spacial score (nSPS) is 13.2. The summed E-state index contributed by atoms with van der Waals surface area (Å²) in [5.74, 6) is -0.346. The summed E-state index contributed by atoms with van der Waals surface area (Å²) in [6.07, 6.45) is -0.0204. The van der Waals surface area contributed by atoms with Gasteiger partial charge in [0.25, 0.3) is 0 Å². The summed E-state index contributed by atoms with van der Waals surface area (Å²) >= 11 is 5.93. The number of amides is 1. The van der Waals surface area contributed by atoms with Gasteiger partial charge in [-0.3, -0.25) is 9.10 Å².